The van der Waals surface area contributed by atoms with Crippen LogP contribution in [0.5, 0.6) is 11.5 Å². The highest BCUT2D eigenvalue weighted by Crippen LogP contribution is 2.31. The smallest absolute Gasteiger partial charge is 0.150 e. The summed E-state index contributed by atoms with van der Waals surface area (Å²) >= 11 is 5.83. The van der Waals surface area contributed by atoms with Crippen molar-refractivity contribution in [3.8, 4) is 11.5 Å². The maximum absolute atomic E-state index is 5.83. The fraction of sp³-hybridized carbons (Fsp3) is 0.143. The summed E-state index contributed by atoms with van der Waals surface area (Å²) in [4.78, 5) is 2.02. The van der Waals surface area contributed by atoms with E-state index in [0.717, 1.165) is 17.2 Å². The summed E-state index contributed by atoms with van der Waals surface area (Å²) in [5.74, 6) is 1.61. The summed E-state index contributed by atoms with van der Waals surface area (Å²) < 4.78 is 5.83. The average molecular weight is 248 g/mol. The molecule has 0 saturated heterocycles. The van der Waals surface area contributed by atoms with Crippen molar-refractivity contribution in [3.05, 3.63) is 53.6 Å². The van der Waals surface area contributed by atoms with Crippen molar-refractivity contribution in [2.75, 3.05) is 19.0 Å². The summed E-state index contributed by atoms with van der Waals surface area (Å²) in [6, 6.07) is 15.3. The molecule has 3 heteroatoms. The lowest BCUT2D eigenvalue weighted by molar-refractivity contribution is 0.483. The number of rotatable bonds is 3. The van der Waals surface area contributed by atoms with E-state index >= 15 is 0 Å². The maximum atomic E-state index is 5.83. The molecule has 88 valence electrons. The van der Waals surface area contributed by atoms with Crippen LogP contribution in [-0.2, 0) is 0 Å². The fourth-order valence-electron chi connectivity index (χ4n) is 1.54. The van der Waals surface area contributed by atoms with Gasteiger partial charge in [0.15, 0.2) is 5.75 Å². The van der Waals surface area contributed by atoms with E-state index in [9.17, 15) is 0 Å². The normalized spacial score (nSPS) is 10.1. The van der Waals surface area contributed by atoms with Crippen LogP contribution in [-0.4, -0.2) is 14.1 Å². The molecule has 0 radical (unpaired) electrons. The van der Waals surface area contributed by atoms with Crippen LogP contribution in [0.15, 0.2) is 48.5 Å². The summed E-state index contributed by atoms with van der Waals surface area (Å²) in [6.45, 7) is 0. The Kier molecular flexibility index (Phi) is 3.55. The van der Waals surface area contributed by atoms with Gasteiger partial charge < -0.3 is 9.64 Å². The van der Waals surface area contributed by atoms with Crippen LogP contribution < -0.4 is 9.64 Å². The van der Waals surface area contributed by atoms with E-state index < -0.39 is 0 Å². The van der Waals surface area contributed by atoms with Crippen LogP contribution in [0.1, 0.15) is 0 Å². The molecule has 2 aromatic carbocycles. The van der Waals surface area contributed by atoms with Gasteiger partial charge in [0, 0.05) is 19.1 Å². The molecule has 0 bridgehead atoms. The molecule has 0 N–H and O–H groups in total. The Bertz CT molecular complexity index is 494. The fourth-order valence-corrected chi connectivity index (χ4v) is 1.67. The standard InChI is InChI=1S/C14H14ClNO/c1-16(2)13-5-3-4-6-14(13)17-12-9-7-11(15)8-10-12/h3-10H,1-2H3. The lowest BCUT2D eigenvalue weighted by atomic mass is 10.2. The van der Waals surface area contributed by atoms with Crippen LogP contribution in [0, 0.1) is 0 Å². The average Bonchev–Trinajstić information content (AvgIpc) is 2.32. The van der Waals surface area contributed by atoms with Gasteiger partial charge in [0.2, 0.25) is 0 Å². The number of para-hydroxylation sites is 2. The summed E-state index contributed by atoms with van der Waals surface area (Å²) in [5, 5.41) is 0.707. The second-order valence-electron chi connectivity index (χ2n) is 3.92. The van der Waals surface area contributed by atoms with Gasteiger partial charge in [0.1, 0.15) is 5.75 Å². The minimum atomic E-state index is 0.707. The van der Waals surface area contributed by atoms with Gasteiger partial charge in [-0.05, 0) is 36.4 Å². The van der Waals surface area contributed by atoms with Gasteiger partial charge in [-0.25, -0.2) is 0 Å². The predicted octanol–water partition coefficient (Wildman–Crippen LogP) is 4.20. The van der Waals surface area contributed by atoms with Crippen LogP contribution in [0.2, 0.25) is 5.02 Å². The molecule has 0 aliphatic heterocycles. The van der Waals surface area contributed by atoms with Crippen molar-refractivity contribution in [1.29, 1.82) is 0 Å². The zero-order chi connectivity index (χ0) is 12.3. The third kappa shape index (κ3) is 2.92. The number of hydrogen-bond donors (Lipinski definition) is 0. The molecular weight excluding hydrogens is 234 g/mol. The Hall–Kier alpha value is -1.67. The molecule has 0 aliphatic rings. The van der Waals surface area contributed by atoms with Gasteiger partial charge >= 0.3 is 0 Å². The van der Waals surface area contributed by atoms with E-state index in [1.54, 1.807) is 0 Å². The minimum absolute atomic E-state index is 0.707. The molecule has 0 fully saturated rings. The molecular formula is C14H14ClNO. The summed E-state index contributed by atoms with van der Waals surface area (Å²) in [6.07, 6.45) is 0. The maximum Gasteiger partial charge on any atom is 0.150 e. The zero-order valence-corrected chi connectivity index (χ0v) is 10.6. The number of nitrogens with zero attached hydrogens (tertiary/aromatic N) is 1. The Balaban J connectivity index is 2.26. The topological polar surface area (TPSA) is 12.5 Å². The van der Waals surface area contributed by atoms with E-state index in [-0.39, 0.29) is 0 Å². The van der Waals surface area contributed by atoms with Gasteiger partial charge in [0.25, 0.3) is 0 Å². The van der Waals surface area contributed by atoms with Crippen molar-refractivity contribution in [2.45, 2.75) is 0 Å². The third-order valence-electron chi connectivity index (χ3n) is 2.39. The van der Waals surface area contributed by atoms with E-state index in [2.05, 4.69) is 0 Å². The number of anilines is 1. The largest absolute Gasteiger partial charge is 0.455 e. The Morgan fingerprint density at radius 2 is 1.59 bits per heavy atom. The van der Waals surface area contributed by atoms with Gasteiger partial charge in [-0.1, -0.05) is 23.7 Å². The van der Waals surface area contributed by atoms with Crippen LogP contribution in [0.25, 0.3) is 0 Å². The van der Waals surface area contributed by atoms with Crippen molar-refractivity contribution >= 4 is 17.3 Å². The van der Waals surface area contributed by atoms with E-state index in [4.69, 9.17) is 16.3 Å². The molecule has 2 aromatic rings. The lowest BCUT2D eigenvalue weighted by Gasteiger charge is -2.17. The SMILES string of the molecule is CN(C)c1ccccc1Oc1ccc(Cl)cc1. The zero-order valence-electron chi connectivity index (χ0n) is 9.85. The van der Waals surface area contributed by atoms with E-state index in [1.807, 2.05) is 67.5 Å². The van der Waals surface area contributed by atoms with Gasteiger partial charge in [-0.2, -0.15) is 0 Å². The first-order valence-electron chi connectivity index (χ1n) is 5.36. The highest BCUT2D eigenvalue weighted by atomic mass is 35.5. The molecule has 0 amide bonds. The highest BCUT2D eigenvalue weighted by molar-refractivity contribution is 6.30. The molecule has 2 rings (SSSR count). The van der Waals surface area contributed by atoms with Crippen LogP contribution >= 0.6 is 11.6 Å². The second-order valence-corrected chi connectivity index (χ2v) is 4.35. The molecule has 0 aliphatic carbocycles. The Morgan fingerprint density at radius 1 is 0.941 bits per heavy atom. The first-order chi connectivity index (χ1) is 8.16. The number of halogens is 1. The molecule has 0 heterocycles. The minimum Gasteiger partial charge on any atom is -0.455 e. The lowest BCUT2D eigenvalue weighted by Crippen LogP contribution is -2.09. The van der Waals surface area contributed by atoms with Crippen molar-refractivity contribution in [2.24, 2.45) is 0 Å². The molecule has 0 aromatic heterocycles. The van der Waals surface area contributed by atoms with Crippen LogP contribution in [0.3, 0.4) is 0 Å². The van der Waals surface area contributed by atoms with Crippen molar-refractivity contribution in [1.82, 2.24) is 0 Å². The predicted molar refractivity (Wildman–Crippen MR) is 72.3 cm³/mol. The van der Waals surface area contributed by atoms with Crippen molar-refractivity contribution in [3.63, 3.8) is 0 Å². The summed E-state index contributed by atoms with van der Waals surface area (Å²) in [7, 11) is 3.98. The van der Waals surface area contributed by atoms with Gasteiger partial charge in [-0.15, -0.1) is 0 Å². The van der Waals surface area contributed by atoms with Crippen molar-refractivity contribution < 1.29 is 4.74 Å². The Labute approximate surface area is 106 Å². The number of benzene rings is 2. The van der Waals surface area contributed by atoms with E-state index in [1.165, 1.54) is 0 Å². The first-order valence-corrected chi connectivity index (χ1v) is 5.74. The molecule has 0 atom stereocenters. The van der Waals surface area contributed by atoms with E-state index in [0.29, 0.717) is 5.02 Å². The monoisotopic (exact) mass is 247 g/mol. The third-order valence-corrected chi connectivity index (χ3v) is 2.64. The van der Waals surface area contributed by atoms with Gasteiger partial charge in [-0.3, -0.25) is 0 Å². The number of hydrogen-bond acceptors (Lipinski definition) is 2. The highest BCUT2D eigenvalue weighted by Gasteiger charge is 2.05. The van der Waals surface area contributed by atoms with Gasteiger partial charge in [0.05, 0.1) is 5.69 Å². The molecule has 0 saturated carbocycles. The molecule has 0 spiro atoms. The molecule has 17 heavy (non-hydrogen) atoms. The number of ether oxygens (including phenoxy) is 1. The quantitative estimate of drug-likeness (QED) is 0.806. The summed E-state index contributed by atoms with van der Waals surface area (Å²) in [5.41, 5.74) is 1.04. The Morgan fingerprint density at radius 3 is 2.24 bits per heavy atom. The first kappa shape index (κ1) is 11.8. The second kappa shape index (κ2) is 5.11. The van der Waals surface area contributed by atoms with Crippen LogP contribution in [0.4, 0.5) is 5.69 Å². The molecule has 2 nitrogen and oxygen atoms in total. The molecule has 0 unspecified atom stereocenters.